The van der Waals surface area contributed by atoms with Crippen molar-refractivity contribution in [1.82, 2.24) is 20.2 Å². The summed E-state index contributed by atoms with van der Waals surface area (Å²) in [6.07, 6.45) is 3.21. The molecule has 84 valence electrons. The number of hydrogen-bond donors (Lipinski definition) is 0. The van der Waals surface area contributed by atoms with Gasteiger partial charge >= 0.3 is 0 Å². The van der Waals surface area contributed by atoms with Crippen LogP contribution in [0.4, 0.5) is 0 Å². The fraction of sp³-hybridized carbons (Fsp3) is 0.900. The molecule has 0 aromatic carbocycles. The molecule has 1 aliphatic rings. The topological polar surface area (TPSA) is 43.6 Å². The molecule has 2 rings (SSSR count). The van der Waals surface area contributed by atoms with E-state index in [2.05, 4.69) is 29.4 Å². The van der Waals surface area contributed by atoms with Crippen LogP contribution in [0.15, 0.2) is 0 Å². The lowest BCUT2D eigenvalue weighted by Crippen LogP contribution is -2.32. The third-order valence-corrected chi connectivity index (χ3v) is 3.90. The Bertz CT molecular complexity index is 347. The maximum atomic E-state index is 6.23. The smallest absolute Gasteiger partial charge is 0.154 e. The van der Waals surface area contributed by atoms with Crippen molar-refractivity contribution in [1.29, 1.82) is 0 Å². The molecule has 0 bridgehead atoms. The first-order chi connectivity index (χ1) is 7.00. The molecule has 0 amide bonds. The maximum absolute atomic E-state index is 6.23. The largest absolute Gasteiger partial charge is 0.232 e. The lowest BCUT2D eigenvalue weighted by molar-refractivity contribution is 0.191. The summed E-state index contributed by atoms with van der Waals surface area (Å²) in [6.45, 7) is 4.55. The summed E-state index contributed by atoms with van der Waals surface area (Å²) in [5.74, 6) is 1.33. The van der Waals surface area contributed by atoms with E-state index in [1.807, 2.05) is 7.05 Å². The van der Waals surface area contributed by atoms with E-state index in [1.165, 1.54) is 0 Å². The van der Waals surface area contributed by atoms with E-state index in [0.29, 0.717) is 5.92 Å². The summed E-state index contributed by atoms with van der Waals surface area (Å²) < 4.78 is 1.77. The van der Waals surface area contributed by atoms with Crippen LogP contribution >= 0.6 is 11.6 Å². The van der Waals surface area contributed by atoms with Gasteiger partial charge in [-0.2, -0.15) is 0 Å². The molecule has 1 heterocycles. The molecule has 0 radical (unpaired) electrons. The summed E-state index contributed by atoms with van der Waals surface area (Å²) in [7, 11) is 1.89. The molecule has 1 aromatic heterocycles. The van der Waals surface area contributed by atoms with Crippen molar-refractivity contribution in [3.63, 3.8) is 0 Å². The van der Waals surface area contributed by atoms with E-state index in [1.54, 1.807) is 4.68 Å². The van der Waals surface area contributed by atoms with Gasteiger partial charge in [0.1, 0.15) is 0 Å². The molecule has 0 N–H and O–H groups in total. The number of alkyl halides is 1. The minimum absolute atomic E-state index is 0.244. The van der Waals surface area contributed by atoms with Crippen molar-refractivity contribution >= 4 is 11.6 Å². The molecular formula is C10H17ClN4. The van der Waals surface area contributed by atoms with Gasteiger partial charge in [0.05, 0.1) is 0 Å². The van der Waals surface area contributed by atoms with Gasteiger partial charge in [-0.05, 0) is 35.1 Å². The molecule has 15 heavy (non-hydrogen) atoms. The predicted octanol–water partition coefficient (Wildman–Crippen LogP) is 2.11. The highest BCUT2D eigenvalue weighted by Gasteiger charge is 2.39. The Morgan fingerprint density at radius 3 is 2.80 bits per heavy atom. The zero-order valence-electron chi connectivity index (χ0n) is 9.44. The number of hydrogen-bond acceptors (Lipinski definition) is 3. The second-order valence-corrected chi connectivity index (χ2v) is 5.69. The molecular weight excluding hydrogens is 212 g/mol. The SMILES string of the molecule is Cn1nnnc1C1CC(Cl)CCC1(C)C. The van der Waals surface area contributed by atoms with E-state index in [-0.39, 0.29) is 10.8 Å². The summed E-state index contributed by atoms with van der Waals surface area (Å²) in [5, 5.41) is 12.0. The average molecular weight is 229 g/mol. The van der Waals surface area contributed by atoms with Crippen molar-refractivity contribution in [3.8, 4) is 0 Å². The van der Waals surface area contributed by atoms with Gasteiger partial charge in [-0.25, -0.2) is 4.68 Å². The Kier molecular flexibility index (Phi) is 2.71. The lowest BCUT2D eigenvalue weighted by Gasteiger charge is -2.39. The Labute approximate surface area is 95.0 Å². The second kappa shape index (κ2) is 3.74. The average Bonchev–Trinajstić information content (AvgIpc) is 2.56. The Morgan fingerprint density at radius 1 is 1.47 bits per heavy atom. The first-order valence-corrected chi connectivity index (χ1v) is 5.80. The molecule has 0 aliphatic heterocycles. The first kappa shape index (κ1) is 10.9. The normalized spacial score (nSPS) is 30.4. The molecule has 0 spiro atoms. The van der Waals surface area contributed by atoms with Gasteiger partial charge in [-0.1, -0.05) is 13.8 Å². The van der Waals surface area contributed by atoms with Crippen molar-refractivity contribution < 1.29 is 0 Å². The highest BCUT2D eigenvalue weighted by atomic mass is 35.5. The third-order valence-electron chi connectivity index (χ3n) is 3.50. The minimum atomic E-state index is 0.244. The van der Waals surface area contributed by atoms with Gasteiger partial charge in [-0.15, -0.1) is 16.7 Å². The molecule has 1 aliphatic carbocycles. The summed E-state index contributed by atoms with van der Waals surface area (Å²) >= 11 is 6.23. The number of aromatic nitrogens is 4. The molecule has 1 fully saturated rings. The van der Waals surface area contributed by atoms with Crippen LogP contribution in [0.25, 0.3) is 0 Å². The quantitative estimate of drug-likeness (QED) is 0.692. The fourth-order valence-electron chi connectivity index (χ4n) is 2.38. The van der Waals surface area contributed by atoms with Crippen LogP contribution in [0.3, 0.4) is 0 Å². The van der Waals surface area contributed by atoms with Crippen LogP contribution in [-0.4, -0.2) is 25.6 Å². The number of nitrogens with zero attached hydrogens (tertiary/aromatic N) is 4. The summed E-state index contributed by atoms with van der Waals surface area (Å²) in [6, 6.07) is 0. The number of tetrazole rings is 1. The van der Waals surface area contributed by atoms with Gasteiger partial charge < -0.3 is 0 Å². The standard InChI is InChI=1S/C10H17ClN4/c1-10(2)5-4-7(11)6-8(10)9-12-13-14-15(9)3/h7-8H,4-6H2,1-3H3. The molecule has 0 saturated heterocycles. The van der Waals surface area contributed by atoms with Crippen LogP contribution in [0.1, 0.15) is 44.9 Å². The minimum Gasteiger partial charge on any atom is -0.232 e. The van der Waals surface area contributed by atoms with Crippen molar-refractivity contribution in [3.05, 3.63) is 5.82 Å². The van der Waals surface area contributed by atoms with E-state index >= 15 is 0 Å². The van der Waals surface area contributed by atoms with Crippen LogP contribution in [0.2, 0.25) is 0 Å². The zero-order valence-corrected chi connectivity index (χ0v) is 10.2. The first-order valence-electron chi connectivity index (χ1n) is 5.37. The second-order valence-electron chi connectivity index (χ2n) is 5.07. The highest BCUT2D eigenvalue weighted by Crippen LogP contribution is 2.47. The number of aryl methyl sites for hydroxylation is 1. The van der Waals surface area contributed by atoms with Gasteiger partial charge in [0.15, 0.2) is 5.82 Å². The van der Waals surface area contributed by atoms with E-state index in [9.17, 15) is 0 Å². The van der Waals surface area contributed by atoms with Crippen LogP contribution in [0.5, 0.6) is 0 Å². The van der Waals surface area contributed by atoms with Gasteiger partial charge in [-0.3, -0.25) is 0 Å². The Morgan fingerprint density at radius 2 is 2.20 bits per heavy atom. The maximum Gasteiger partial charge on any atom is 0.154 e. The fourth-order valence-corrected chi connectivity index (χ4v) is 2.67. The molecule has 1 saturated carbocycles. The van der Waals surface area contributed by atoms with Crippen LogP contribution < -0.4 is 0 Å². The zero-order chi connectivity index (χ0) is 11.1. The highest BCUT2D eigenvalue weighted by molar-refractivity contribution is 6.20. The van der Waals surface area contributed by atoms with Crippen LogP contribution in [-0.2, 0) is 7.05 Å². The number of rotatable bonds is 1. The third kappa shape index (κ3) is 2.00. The summed E-state index contributed by atoms with van der Waals surface area (Å²) in [4.78, 5) is 0. The molecule has 5 heteroatoms. The van der Waals surface area contributed by atoms with Gasteiger partial charge in [0.2, 0.25) is 0 Å². The van der Waals surface area contributed by atoms with Gasteiger partial charge in [0.25, 0.3) is 0 Å². The van der Waals surface area contributed by atoms with E-state index < -0.39 is 0 Å². The summed E-state index contributed by atoms with van der Waals surface area (Å²) in [5.41, 5.74) is 0.244. The molecule has 2 unspecified atom stereocenters. The molecule has 4 nitrogen and oxygen atoms in total. The Balaban J connectivity index is 2.29. The predicted molar refractivity (Wildman–Crippen MR) is 58.8 cm³/mol. The van der Waals surface area contributed by atoms with Crippen molar-refractivity contribution in [2.24, 2.45) is 12.5 Å². The van der Waals surface area contributed by atoms with E-state index in [4.69, 9.17) is 11.6 Å². The van der Waals surface area contributed by atoms with Crippen LogP contribution in [0, 0.1) is 5.41 Å². The molecule has 1 aromatic rings. The lowest BCUT2D eigenvalue weighted by atomic mass is 9.68. The van der Waals surface area contributed by atoms with E-state index in [0.717, 1.165) is 25.1 Å². The number of halogens is 1. The van der Waals surface area contributed by atoms with Gasteiger partial charge in [0, 0.05) is 18.3 Å². The Hall–Kier alpha value is -0.640. The molecule has 2 atom stereocenters. The van der Waals surface area contributed by atoms with Crippen molar-refractivity contribution in [2.75, 3.05) is 0 Å². The van der Waals surface area contributed by atoms with Crippen molar-refractivity contribution in [2.45, 2.75) is 44.4 Å². The monoisotopic (exact) mass is 228 g/mol.